The fourth-order valence-electron chi connectivity index (χ4n) is 7.81. The fraction of sp³-hybridized carbons (Fsp3) is 0.136. The molecule has 0 unspecified atom stereocenters. The first-order valence-electron chi connectivity index (χ1n) is 22.6. The van der Waals surface area contributed by atoms with Crippen LogP contribution in [0, 0.1) is 6.92 Å². The predicted molar refractivity (Wildman–Crippen MR) is 328 cm³/mol. The Bertz CT molecular complexity index is 3470. The summed E-state index contributed by atoms with van der Waals surface area (Å²) < 4.78 is 10.5. The molecule has 0 radical (unpaired) electrons. The Morgan fingerprint density at radius 1 is 0.459 bits per heavy atom. The topological polar surface area (TPSA) is 114 Å². The number of aromatic hydroxyl groups is 4. The summed E-state index contributed by atoms with van der Waals surface area (Å²) in [6, 6.07) is 49.9. The first-order valence-corrected chi connectivity index (χ1v) is 26.9. The van der Waals surface area contributed by atoms with Crippen molar-refractivity contribution in [2.45, 2.75) is 26.9 Å². The number of nitrogens with zero attached hydrogens (tertiary/aromatic N) is 2. The summed E-state index contributed by atoms with van der Waals surface area (Å²) in [6.45, 7) is 4.81. The minimum absolute atomic E-state index is 0. The van der Waals surface area contributed by atoms with Crippen LogP contribution >= 0.6 is 104 Å². The molecule has 0 fully saturated rings. The number of ether oxygens (including phenoxy) is 1. The van der Waals surface area contributed by atoms with E-state index in [9.17, 15) is 25.2 Å². The van der Waals surface area contributed by atoms with Crippen LogP contribution in [-0.4, -0.2) is 64.4 Å². The Labute approximate surface area is 484 Å². The molecule has 0 spiro atoms. The van der Waals surface area contributed by atoms with Crippen molar-refractivity contribution in [1.29, 1.82) is 0 Å². The van der Waals surface area contributed by atoms with Gasteiger partial charge in [0.15, 0.2) is 0 Å². The van der Waals surface area contributed by atoms with E-state index in [1.165, 1.54) is 6.92 Å². The second kappa shape index (κ2) is 27.7. The number of halogens is 7. The molecular weight excluding hydrogens is 1300 g/mol. The number of hydrogen-bond acceptors (Lipinski definition) is 8. The van der Waals surface area contributed by atoms with Gasteiger partial charge in [0.05, 0.1) is 5.02 Å². The number of phenols is 4. The van der Waals surface area contributed by atoms with Crippen LogP contribution in [0.5, 0.6) is 28.7 Å². The van der Waals surface area contributed by atoms with E-state index in [2.05, 4.69) is 102 Å². The minimum atomic E-state index is -0.295. The maximum absolute atomic E-state index is 11.2. The Balaban J connectivity index is 0.000000172. The van der Waals surface area contributed by atoms with E-state index in [1.54, 1.807) is 30.3 Å². The Morgan fingerprint density at radius 2 is 0.824 bits per heavy atom. The van der Waals surface area contributed by atoms with Crippen molar-refractivity contribution in [3.05, 3.63) is 202 Å². The van der Waals surface area contributed by atoms with Crippen molar-refractivity contribution in [3.63, 3.8) is 0 Å². The van der Waals surface area contributed by atoms with Crippen molar-refractivity contribution < 1.29 is 30.0 Å². The lowest BCUT2D eigenvalue weighted by Gasteiger charge is -2.16. The Hall–Kier alpha value is -4.93. The number of hydrogen-bond donors (Lipinski definition) is 4. The number of phenolic OH excluding ortho intramolecular Hbond substituents is 4. The number of benzene rings is 10. The van der Waals surface area contributed by atoms with Crippen LogP contribution in [0.2, 0.25) is 5.02 Å². The molecule has 0 saturated carbocycles. The van der Waals surface area contributed by atoms with Crippen LogP contribution in [0.3, 0.4) is 0 Å². The van der Waals surface area contributed by atoms with Gasteiger partial charge in [-0.15, -0.1) is 12.4 Å². The molecule has 0 aromatic heterocycles. The number of carbonyl (C=O) groups excluding carboxylic acids is 1. The average molecular weight is 1360 g/mol. The van der Waals surface area contributed by atoms with Crippen LogP contribution in [0.4, 0.5) is 0 Å². The van der Waals surface area contributed by atoms with Crippen LogP contribution < -0.4 is 4.74 Å². The first kappa shape index (κ1) is 59.9. The van der Waals surface area contributed by atoms with Gasteiger partial charge in [0.1, 0.15) is 28.7 Å². The van der Waals surface area contributed by atoms with Gasteiger partial charge in [-0.1, -0.05) is 152 Å². The maximum Gasteiger partial charge on any atom is 0.308 e. The summed E-state index contributed by atoms with van der Waals surface area (Å²) >= 11 is 23.0. The summed E-state index contributed by atoms with van der Waals surface area (Å²) in [7, 11) is 7.98. The normalized spacial score (nSPS) is 10.7. The van der Waals surface area contributed by atoms with E-state index >= 15 is 0 Å². The lowest BCUT2D eigenvalue weighted by atomic mass is 10.0. The number of rotatable bonds is 5. The highest BCUT2D eigenvalue weighted by atomic mass is 79.9. The third-order valence-corrected chi connectivity index (χ3v) is 14.1. The molecule has 0 amide bonds. The van der Waals surface area contributed by atoms with Crippen LogP contribution in [0.1, 0.15) is 23.6 Å². The molecule has 8 nitrogen and oxygen atoms in total. The number of esters is 1. The number of fused-ring (bicyclic) bond motifs is 5. The number of aryl methyl sites for hydroxylation is 1. The van der Waals surface area contributed by atoms with Crippen molar-refractivity contribution in [2.75, 3.05) is 28.2 Å². The second-order valence-electron chi connectivity index (χ2n) is 17.4. The smallest absolute Gasteiger partial charge is 0.308 e. The molecule has 0 saturated heterocycles. The molecule has 0 heterocycles. The van der Waals surface area contributed by atoms with E-state index in [0.29, 0.717) is 28.0 Å². The van der Waals surface area contributed by atoms with E-state index < -0.39 is 0 Å². The molecule has 10 aromatic carbocycles. The molecule has 10 aromatic rings. The third kappa shape index (κ3) is 16.5. The first-order chi connectivity index (χ1) is 34.7. The summed E-state index contributed by atoms with van der Waals surface area (Å²) in [4.78, 5) is 15.3. The van der Waals surface area contributed by atoms with Gasteiger partial charge in [-0.05, 0) is 186 Å². The predicted octanol–water partition coefficient (Wildman–Crippen LogP) is 18.3. The Morgan fingerprint density at radius 3 is 1.35 bits per heavy atom. The van der Waals surface area contributed by atoms with Crippen molar-refractivity contribution in [1.82, 2.24) is 9.80 Å². The van der Waals surface area contributed by atoms with Gasteiger partial charge in [-0.2, -0.15) is 0 Å². The van der Waals surface area contributed by atoms with Gasteiger partial charge in [0.2, 0.25) is 0 Å². The van der Waals surface area contributed by atoms with E-state index in [0.717, 1.165) is 106 Å². The van der Waals surface area contributed by atoms with Crippen LogP contribution in [0.15, 0.2) is 180 Å². The zero-order chi connectivity index (χ0) is 53.1. The third-order valence-electron chi connectivity index (χ3n) is 11.2. The quantitative estimate of drug-likeness (QED) is 0.0996. The molecule has 74 heavy (non-hydrogen) atoms. The van der Waals surface area contributed by atoms with Crippen LogP contribution in [-0.2, 0) is 17.9 Å². The highest BCUT2D eigenvalue weighted by Crippen LogP contribution is 2.35. The van der Waals surface area contributed by atoms with E-state index in [4.69, 9.17) is 16.3 Å². The van der Waals surface area contributed by atoms with Gasteiger partial charge < -0.3 is 35.0 Å². The average Bonchev–Trinajstić information content (AvgIpc) is 3.33. The minimum Gasteiger partial charge on any atom is -0.508 e. The molecule has 0 atom stereocenters. The zero-order valence-corrected chi connectivity index (χ0v) is 50.6. The van der Waals surface area contributed by atoms with Crippen molar-refractivity contribution >= 4 is 163 Å². The van der Waals surface area contributed by atoms with Crippen molar-refractivity contribution in [3.8, 4) is 28.7 Å². The molecule has 0 aliphatic rings. The summed E-state index contributed by atoms with van der Waals surface area (Å²) in [5.41, 5.74) is 2.95. The largest absolute Gasteiger partial charge is 0.508 e. The lowest BCUT2D eigenvalue weighted by molar-refractivity contribution is -0.131. The van der Waals surface area contributed by atoms with Crippen LogP contribution in [0.25, 0.3) is 53.9 Å². The standard InChI is InChI=1S/C15H16BrNO2.C13H14BrNO.C11H9BrO.C10H6BrClO.C10H7BrO.ClH/c1-10(18)19-15-7-4-11-8-12(16)5-6-13(11)14(15)9-17(2)3;1-15(2)8-12-11-5-4-10(14)7-9(11)3-6-13(12)16;1-7-10-4-3-9(12)6-8(10)2-5-11(7)13;11-7-2-3-8-6(5-7)1-4-9(13)10(8)12;11-9-3-1-8-6-10(12)4-2-7(8)5-9;/h4-8H,9H2,1-3H3;3-7,16H,8H2,1-2H3;2-6,13H,1H3;1-5,13H;1-6,12H;1H. The second-order valence-corrected chi connectivity index (χ2v) is 22.4. The van der Waals surface area contributed by atoms with E-state index in [-0.39, 0.29) is 24.1 Å². The fourth-order valence-corrected chi connectivity index (χ4v) is 9.94. The van der Waals surface area contributed by atoms with Gasteiger partial charge in [-0.3, -0.25) is 4.79 Å². The van der Waals surface area contributed by atoms with Gasteiger partial charge in [-0.25, -0.2) is 0 Å². The number of carbonyl (C=O) groups is 1. The van der Waals surface area contributed by atoms with Crippen molar-refractivity contribution in [2.24, 2.45) is 0 Å². The van der Waals surface area contributed by atoms with Gasteiger partial charge in [0, 0.05) is 58.9 Å². The molecule has 384 valence electrons. The molecule has 15 heteroatoms. The Kier molecular flexibility index (Phi) is 22.5. The van der Waals surface area contributed by atoms with E-state index in [1.807, 2.05) is 150 Å². The molecule has 10 rings (SSSR count). The van der Waals surface area contributed by atoms with Gasteiger partial charge in [0.25, 0.3) is 0 Å². The van der Waals surface area contributed by atoms with Gasteiger partial charge >= 0.3 is 5.97 Å². The summed E-state index contributed by atoms with van der Waals surface area (Å²) in [5, 5.41) is 49.1. The SMILES string of the molecule is CC(=O)Oc1ccc2cc(Br)ccc2c1CN(C)C.CN(C)Cc1c(O)ccc2cc(Br)ccc12.Cc1c(O)ccc2cc(Br)ccc12.Cl.Oc1ccc2cc(Br)ccc2c1.Oc1ccc2cc(Br)ccc2c1Cl. The maximum atomic E-state index is 11.2. The lowest BCUT2D eigenvalue weighted by Crippen LogP contribution is -2.13. The highest BCUT2D eigenvalue weighted by Gasteiger charge is 2.13. The summed E-state index contributed by atoms with van der Waals surface area (Å²) in [5.74, 6) is 1.49. The molecule has 0 aliphatic carbocycles. The summed E-state index contributed by atoms with van der Waals surface area (Å²) in [6.07, 6.45) is 0. The highest BCUT2D eigenvalue weighted by molar-refractivity contribution is 9.11. The monoisotopic (exact) mass is 1350 g/mol. The zero-order valence-electron chi connectivity index (χ0n) is 41.1. The molecule has 0 bridgehead atoms. The molecule has 4 N–H and O–H groups in total. The molecular formula is C59H53Br5Cl2N2O6. The molecule has 0 aliphatic heterocycles.